The number of imide groups is 1. The molecule has 0 atom stereocenters. The van der Waals surface area contributed by atoms with Gasteiger partial charge in [-0.05, 0) is 63.6 Å². The topological polar surface area (TPSA) is 83.9 Å². The normalized spacial score (nSPS) is 15.2. The average Bonchev–Trinajstić information content (AvgIpc) is 2.90. The average molecular weight is 596 g/mol. The molecule has 1 N–H and O–H groups in total. The highest BCUT2D eigenvalue weighted by molar-refractivity contribution is 9.11. The van der Waals surface area contributed by atoms with Gasteiger partial charge in [-0.3, -0.25) is 14.5 Å². The summed E-state index contributed by atoms with van der Waals surface area (Å²) < 4.78 is 6.52. The number of halogens is 4. The smallest absolute Gasteiger partial charge is 0.341 e. The van der Waals surface area contributed by atoms with Crippen molar-refractivity contribution in [3.8, 4) is 5.75 Å². The van der Waals surface area contributed by atoms with Crippen molar-refractivity contribution in [3.63, 3.8) is 0 Å². The Morgan fingerprint density at radius 1 is 1.20 bits per heavy atom. The number of carbonyl (C=O) groups excluding carboxylic acids is 2. The van der Waals surface area contributed by atoms with Gasteiger partial charge in [-0.25, -0.2) is 4.79 Å². The number of benzene rings is 2. The number of aliphatic carboxylic acids is 1. The first kappa shape index (κ1) is 23.1. The van der Waals surface area contributed by atoms with Crippen molar-refractivity contribution in [1.82, 2.24) is 4.90 Å². The van der Waals surface area contributed by atoms with E-state index in [0.29, 0.717) is 30.1 Å². The van der Waals surface area contributed by atoms with Crippen LogP contribution in [0.4, 0.5) is 4.79 Å². The van der Waals surface area contributed by atoms with Gasteiger partial charge in [0.1, 0.15) is 5.75 Å². The molecule has 2 amide bonds. The van der Waals surface area contributed by atoms with Crippen molar-refractivity contribution in [1.29, 1.82) is 0 Å². The Bertz CT molecular complexity index is 1090. The van der Waals surface area contributed by atoms with Crippen molar-refractivity contribution in [2.75, 3.05) is 6.61 Å². The fourth-order valence-corrected chi connectivity index (χ4v) is 5.24. The van der Waals surface area contributed by atoms with Crippen LogP contribution in [0.5, 0.6) is 5.75 Å². The third kappa shape index (κ3) is 5.39. The molecule has 0 unspecified atom stereocenters. The summed E-state index contributed by atoms with van der Waals surface area (Å²) in [6.45, 7) is -0.555. The zero-order valence-electron chi connectivity index (χ0n) is 14.8. The molecule has 2 aromatic rings. The van der Waals surface area contributed by atoms with Crippen LogP contribution in [0, 0.1) is 0 Å². The van der Waals surface area contributed by atoms with Gasteiger partial charge in [0.05, 0.1) is 15.9 Å². The first-order valence-electron chi connectivity index (χ1n) is 8.18. The van der Waals surface area contributed by atoms with Crippen LogP contribution >= 0.6 is 66.8 Å². The van der Waals surface area contributed by atoms with Crippen molar-refractivity contribution in [3.05, 3.63) is 65.4 Å². The van der Waals surface area contributed by atoms with Gasteiger partial charge in [0, 0.05) is 20.1 Å². The summed E-state index contributed by atoms with van der Waals surface area (Å²) in [5.74, 6) is -1.39. The SMILES string of the molecule is O=C(O)COc1c(Br)cc(Br)cc1/C=C1\SC(=O)N(Cc2ccc(Cl)cc2Cl)C1=O. The maximum atomic E-state index is 12.8. The second-order valence-corrected chi connectivity index (χ2v) is 9.60. The van der Waals surface area contributed by atoms with Gasteiger partial charge in [0.25, 0.3) is 11.1 Å². The standard InChI is InChI=1S/C19H11Br2Cl2NO5S/c20-11-3-10(17(13(21)5-11)29-8-16(25)26)4-15-18(27)24(19(28)30-15)7-9-1-2-12(22)6-14(9)23/h1-6H,7-8H2,(H,25,26)/b15-4-. The summed E-state index contributed by atoms with van der Waals surface area (Å²) >= 11 is 19.5. The van der Waals surface area contributed by atoms with E-state index in [1.165, 1.54) is 6.08 Å². The van der Waals surface area contributed by atoms with Gasteiger partial charge in [-0.15, -0.1) is 0 Å². The van der Waals surface area contributed by atoms with Crippen LogP contribution in [-0.2, 0) is 16.1 Å². The summed E-state index contributed by atoms with van der Waals surface area (Å²) in [5, 5.41) is 9.25. The van der Waals surface area contributed by atoms with Crippen molar-refractivity contribution < 1.29 is 24.2 Å². The van der Waals surface area contributed by atoms with Crippen LogP contribution in [0.15, 0.2) is 44.2 Å². The predicted octanol–water partition coefficient (Wildman–Crippen LogP) is 6.22. The molecule has 30 heavy (non-hydrogen) atoms. The fraction of sp³-hybridized carbons (Fsp3) is 0.105. The molecule has 1 fully saturated rings. The number of rotatable bonds is 6. The Hall–Kier alpha value is -1.52. The molecule has 0 spiro atoms. The van der Waals surface area contributed by atoms with E-state index in [2.05, 4.69) is 31.9 Å². The van der Waals surface area contributed by atoms with E-state index in [0.717, 1.165) is 16.7 Å². The molecule has 156 valence electrons. The van der Waals surface area contributed by atoms with E-state index in [-0.39, 0.29) is 17.2 Å². The number of carboxylic acid groups (broad SMARTS) is 1. The number of amides is 2. The van der Waals surface area contributed by atoms with E-state index in [1.54, 1.807) is 30.3 Å². The largest absolute Gasteiger partial charge is 0.480 e. The van der Waals surface area contributed by atoms with E-state index in [1.807, 2.05) is 0 Å². The summed E-state index contributed by atoms with van der Waals surface area (Å²) in [5.41, 5.74) is 1.02. The summed E-state index contributed by atoms with van der Waals surface area (Å²) in [4.78, 5) is 37.4. The molecule has 0 saturated carbocycles. The van der Waals surface area contributed by atoms with Crippen LogP contribution in [-0.4, -0.2) is 33.7 Å². The zero-order chi connectivity index (χ0) is 22.0. The molecule has 6 nitrogen and oxygen atoms in total. The molecular formula is C19H11Br2Cl2NO5S. The van der Waals surface area contributed by atoms with Gasteiger partial charge in [-0.2, -0.15) is 0 Å². The summed E-state index contributed by atoms with van der Waals surface area (Å²) in [6.07, 6.45) is 1.49. The minimum Gasteiger partial charge on any atom is -0.480 e. The maximum absolute atomic E-state index is 12.8. The lowest BCUT2D eigenvalue weighted by molar-refractivity contribution is -0.139. The third-order valence-corrected chi connectivity index (χ3v) is 6.42. The van der Waals surface area contributed by atoms with Crippen molar-refractivity contribution >= 4 is 90.0 Å². The quantitative estimate of drug-likeness (QED) is 0.399. The molecule has 1 saturated heterocycles. The molecule has 1 heterocycles. The van der Waals surface area contributed by atoms with E-state index >= 15 is 0 Å². The minimum atomic E-state index is -1.14. The second kappa shape index (κ2) is 9.74. The molecular weight excluding hydrogens is 585 g/mol. The number of hydrogen-bond donors (Lipinski definition) is 1. The Morgan fingerprint density at radius 3 is 2.60 bits per heavy atom. The molecule has 0 bridgehead atoms. The molecule has 1 aliphatic heterocycles. The zero-order valence-corrected chi connectivity index (χ0v) is 20.3. The Kier molecular flexibility index (Phi) is 7.52. The molecule has 2 aromatic carbocycles. The highest BCUT2D eigenvalue weighted by Gasteiger charge is 2.35. The van der Waals surface area contributed by atoms with Crippen LogP contribution in [0.1, 0.15) is 11.1 Å². The van der Waals surface area contributed by atoms with Gasteiger partial charge in [0.15, 0.2) is 6.61 Å². The first-order valence-corrected chi connectivity index (χ1v) is 11.3. The number of hydrogen-bond acceptors (Lipinski definition) is 5. The number of carbonyl (C=O) groups is 3. The minimum absolute atomic E-state index is 0.00254. The number of ether oxygens (including phenoxy) is 1. The number of thioether (sulfide) groups is 1. The van der Waals surface area contributed by atoms with E-state index in [4.69, 9.17) is 33.0 Å². The third-order valence-electron chi connectivity index (χ3n) is 3.88. The predicted molar refractivity (Wildman–Crippen MR) is 123 cm³/mol. The second-order valence-electron chi connectivity index (χ2n) is 5.99. The Balaban J connectivity index is 1.91. The van der Waals surface area contributed by atoms with Gasteiger partial charge < -0.3 is 9.84 Å². The lowest BCUT2D eigenvalue weighted by Gasteiger charge is -2.14. The van der Waals surface area contributed by atoms with Gasteiger partial charge in [-0.1, -0.05) is 45.2 Å². The van der Waals surface area contributed by atoms with E-state index < -0.39 is 23.7 Å². The summed E-state index contributed by atoms with van der Waals surface area (Å²) in [7, 11) is 0. The molecule has 0 aromatic heterocycles. The van der Waals surface area contributed by atoms with Crippen molar-refractivity contribution in [2.24, 2.45) is 0 Å². The highest BCUT2D eigenvalue weighted by atomic mass is 79.9. The van der Waals surface area contributed by atoms with Crippen molar-refractivity contribution in [2.45, 2.75) is 6.54 Å². The number of carboxylic acids is 1. The van der Waals surface area contributed by atoms with Crippen LogP contribution in [0.3, 0.4) is 0 Å². The van der Waals surface area contributed by atoms with E-state index in [9.17, 15) is 14.4 Å². The Labute approximate surface area is 202 Å². The Morgan fingerprint density at radius 2 is 1.93 bits per heavy atom. The number of nitrogens with zero attached hydrogens (tertiary/aromatic N) is 1. The monoisotopic (exact) mass is 593 g/mol. The highest BCUT2D eigenvalue weighted by Crippen LogP contribution is 2.39. The molecule has 3 rings (SSSR count). The first-order chi connectivity index (χ1) is 14.2. The molecule has 11 heteroatoms. The van der Waals surface area contributed by atoms with Crippen LogP contribution in [0.2, 0.25) is 10.0 Å². The van der Waals surface area contributed by atoms with Gasteiger partial charge in [0.2, 0.25) is 0 Å². The van der Waals surface area contributed by atoms with Gasteiger partial charge >= 0.3 is 5.97 Å². The maximum Gasteiger partial charge on any atom is 0.341 e. The van der Waals surface area contributed by atoms with Crippen LogP contribution in [0.25, 0.3) is 6.08 Å². The fourth-order valence-electron chi connectivity index (χ4n) is 2.57. The molecule has 1 aliphatic rings. The summed E-state index contributed by atoms with van der Waals surface area (Å²) in [6, 6.07) is 8.16. The van der Waals surface area contributed by atoms with Crippen LogP contribution < -0.4 is 4.74 Å². The molecule has 0 aliphatic carbocycles. The lowest BCUT2D eigenvalue weighted by atomic mass is 10.1. The lowest BCUT2D eigenvalue weighted by Crippen LogP contribution is -2.27. The molecule has 0 radical (unpaired) electrons.